The average Bonchev–Trinajstić information content (AvgIpc) is 3.45. The molecule has 32 heavy (non-hydrogen) atoms. The van der Waals surface area contributed by atoms with Gasteiger partial charge in [-0.3, -0.25) is 4.68 Å². The monoisotopic (exact) mass is 440 g/mol. The summed E-state index contributed by atoms with van der Waals surface area (Å²) in [6.45, 7) is 9.24. The molecule has 1 saturated heterocycles. The summed E-state index contributed by atoms with van der Waals surface area (Å²) in [5.74, 6) is 1.02. The number of rotatable bonds is 6. The van der Waals surface area contributed by atoms with Crippen molar-refractivity contribution >= 4 is 11.6 Å². The minimum absolute atomic E-state index is 0.0130. The molecule has 0 aromatic carbocycles. The van der Waals surface area contributed by atoms with Crippen LogP contribution in [0.15, 0.2) is 30.9 Å². The zero-order chi connectivity index (χ0) is 22.9. The molecule has 4 rings (SSSR count). The summed E-state index contributed by atoms with van der Waals surface area (Å²) in [7, 11) is 1.88. The largest absolute Gasteiger partial charge is 0.473 e. The van der Waals surface area contributed by atoms with E-state index in [9.17, 15) is 4.79 Å². The second-order valence-corrected chi connectivity index (χ2v) is 9.58. The summed E-state index contributed by atoms with van der Waals surface area (Å²) in [6, 6.07) is 1.90. The number of hydrogen-bond donors (Lipinski definition) is 0. The molecule has 1 aliphatic heterocycles. The maximum Gasteiger partial charge on any atom is 0.410 e. The lowest BCUT2D eigenvalue weighted by molar-refractivity contribution is 0.0287. The van der Waals surface area contributed by atoms with Crippen LogP contribution in [0.25, 0.3) is 16.8 Å². The normalized spacial score (nSPS) is 17.7. The topological polar surface area (TPSA) is 86.8 Å². The van der Waals surface area contributed by atoms with Crippen LogP contribution in [0, 0.1) is 5.92 Å². The van der Waals surface area contributed by atoms with Crippen molar-refractivity contribution in [2.24, 2.45) is 13.0 Å². The summed E-state index contributed by atoms with van der Waals surface area (Å²) in [5, 5.41) is 8.59. The molecular weight excluding hydrogens is 408 g/mol. The number of likely N-dealkylation sites (tertiary alicyclic amines) is 1. The van der Waals surface area contributed by atoms with Crippen molar-refractivity contribution in [3.05, 3.63) is 30.9 Å². The third-order valence-electron chi connectivity index (χ3n) is 5.59. The molecule has 9 nitrogen and oxygen atoms in total. The molecular formula is C23H32N6O3. The van der Waals surface area contributed by atoms with E-state index in [-0.39, 0.29) is 12.2 Å². The minimum Gasteiger partial charge on any atom is -0.473 e. The van der Waals surface area contributed by atoms with Gasteiger partial charge in [0.05, 0.1) is 30.4 Å². The lowest BCUT2D eigenvalue weighted by Crippen LogP contribution is -2.35. The summed E-state index contributed by atoms with van der Waals surface area (Å²) in [4.78, 5) is 18.8. The molecule has 1 amide bonds. The molecule has 0 aliphatic carbocycles. The standard InChI is InChI=1S/C23H32N6O3/c1-16(6-7-17-9-11-28(13-17)22(30)32-23(2,3)4)31-21-20-8-10-24-29(20)15-19(26-21)18-12-25-27(5)14-18/h8,10,12,14-17H,6-7,9,11,13H2,1-5H3. The molecule has 0 spiro atoms. The number of ether oxygens (including phenoxy) is 2. The number of aryl methyl sites for hydroxylation is 1. The molecule has 9 heteroatoms. The summed E-state index contributed by atoms with van der Waals surface area (Å²) < 4.78 is 15.3. The van der Waals surface area contributed by atoms with Crippen molar-refractivity contribution in [2.45, 2.75) is 58.7 Å². The number of hydrogen-bond acceptors (Lipinski definition) is 6. The molecule has 1 fully saturated rings. The van der Waals surface area contributed by atoms with Gasteiger partial charge in [-0.2, -0.15) is 10.2 Å². The fourth-order valence-electron chi connectivity index (χ4n) is 3.96. The number of carbonyl (C=O) groups is 1. The first-order valence-corrected chi connectivity index (χ1v) is 11.2. The molecule has 0 N–H and O–H groups in total. The van der Waals surface area contributed by atoms with Crippen LogP contribution >= 0.6 is 0 Å². The Morgan fingerprint density at radius 1 is 1.28 bits per heavy atom. The van der Waals surface area contributed by atoms with Gasteiger partial charge in [0.25, 0.3) is 0 Å². The highest BCUT2D eigenvalue weighted by Crippen LogP contribution is 2.27. The molecule has 1 aliphatic rings. The van der Waals surface area contributed by atoms with Gasteiger partial charge in [-0.25, -0.2) is 14.3 Å². The zero-order valence-corrected chi connectivity index (χ0v) is 19.5. The molecule has 2 atom stereocenters. The highest BCUT2D eigenvalue weighted by atomic mass is 16.6. The molecule has 0 saturated carbocycles. The van der Waals surface area contributed by atoms with E-state index in [4.69, 9.17) is 14.5 Å². The van der Waals surface area contributed by atoms with E-state index in [1.807, 2.05) is 51.2 Å². The van der Waals surface area contributed by atoms with Crippen molar-refractivity contribution in [1.29, 1.82) is 0 Å². The van der Waals surface area contributed by atoms with E-state index in [0.29, 0.717) is 11.8 Å². The first-order valence-electron chi connectivity index (χ1n) is 11.2. The Balaban J connectivity index is 1.36. The summed E-state index contributed by atoms with van der Waals surface area (Å²) >= 11 is 0. The van der Waals surface area contributed by atoms with E-state index in [0.717, 1.165) is 49.1 Å². The first-order chi connectivity index (χ1) is 15.2. The van der Waals surface area contributed by atoms with Gasteiger partial charge in [-0.15, -0.1) is 0 Å². The maximum absolute atomic E-state index is 12.3. The third-order valence-corrected chi connectivity index (χ3v) is 5.59. The Bertz CT molecular complexity index is 1080. The molecule has 2 unspecified atom stereocenters. The molecule has 3 aromatic rings. The second-order valence-electron chi connectivity index (χ2n) is 9.58. The number of fused-ring (bicyclic) bond motifs is 1. The SMILES string of the molecule is CC(CCC1CCN(C(=O)OC(C)(C)C)C1)Oc1nc(-c2cnn(C)c2)cn2nccc12. The van der Waals surface area contributed by atoms with Crippen LogP contribution in [0.4, 0.5) is 4.79 Å². The number of carbonyl (C=O) groups excluding carboxylic acids is 1. The third kappa shape index (κ3) is 5.20. The highest BCUT2D eigenvalue weighted by Gasteiger charge is 2.30. The predicted octanol–water partition coefficient (Wildman–Crippen LogP) is 3.93. The van der Waals surface area contributed by atoms with Crippen molar-refractivity contribution < 1.29 is 14.3 Å². The van der Waals surface area contributed by atoms with Gasteiger partial charge < -0.3 is 14.4 Å². The van der Waals surface area contributed by atoms with Crippen molar-refractivity contribution in [3.63, 3.8) is 0 Å². The zero-order valence-electron chi connectivity index (χ0n) is 19.5. The molecule has 0 bridgehead atoms. The van der Waals surface area contributed by atoms with Crippen molar-refractivity contribution in [1.82, 2.24) is 29.3 Å². The van der Waals surface area contributed by atoms with Crippen LogP contribution in [-0.2, 0) is 11.8 Å². The Labute approximate surface area is 188 Å². The second kappa shape index (κ2) is 8.80. The highest BCUT2D eigenvalue weighted by molar-refractivity contribution is 5.68. The molecule has 4 heterocycles. The number of aromatic nitrogens is 5. The maximum atomic E-state index is 12.3. The van der Waals surface area contributed by atoms with Gasteiger partial charge in [0.2, 0.25) is 5.88 Å². The van der Waals surface area contributed by atoms with Crippen LogP contribution in [0.2, 0.25) is 0 Å². The Kier molecular flexibility index (Phi) is 6.08. The molecule has 0 radical (unpaired) electrons. The van der Waals surface area contributed by atoms with Gasteiger partial charge >= 0.3 is 6.09 Å². The summed E-state index contributed by atoms with van der Waals surface area (Å²) in [6.07, 6.45) is 9.95. The van der Waals surface area contributed by atoms with E-state index < -0.39 is 5.60 Å². The van der Waals surface area contributed by atoms with E-state index in [1.54, 1.807) is 21.6 Å². The quantitative estimate of drug-likeness (QED) is 0.577. The van der Waals surface area contributed by atoms with Crippen molar-refractivity contribution in [3.8, 4) is 17.1 Å². The fourth-order valence-corrected chi connectivity index (χ4v) is 3.96. The van der Waals surface area contributed by atoms with Gasteiger partial charge in [-0.05, 0) is 58.9 Å². The Hall–Kier alpha value is -3.10. The lowest BCUT2D eigenvalue weighted by Gasteiger charge is -2.24. The van der Waals surface area contributed by atoms with Crippen molar-refractivity contribution in [2.75, 3.05) is 13.1 Å². The van der Waals surface area contributed by atoms with Crippen LogP contribution in [0.3, 0.4) is 0 Å². The number of nitrogens with zero attached hydrogens (tertiary/aromatic N) is 6. The minimum atomic E-state index is -0.464. The van der Waals surface area contributed by atoms with E-state index in [1.165, 1.54) is 0 Å². The molecule has 172 valence electrons. The van der Waals surface area contributed by atoms with E-state index >= 15 is 0 Å². The van der Waals surface area contributed by atoms with E-state index in [2.05, 4.69) is 17.1 Å². The van der Waals surface area contributed by atoms with Gasteiger partial charge in [0.1, 0.15) is 11.1 Å². The lowest BCUT2D eigenvalue weighted by atomic mass is 10.0. The summed E-state index contributed by atoms with van der Waals surface area (Å²) in [5.41, 5.74) is 2.05. The van der Waals surface area contributed by atoms with Gasteiger partial charge in [0, 0.05) is 31.9 Å². The van der Waals surface area contributed by atoms with Crippen LogP contribution in [0.1, 0.15) is 47.0 Å². The number of amides is 1. The van der Waals surface area contributed by atoms with Gasteiger partial charge in [0.15, 0.2) is 0 Å². The van der Waals surface area contributed by atoms with Crippen LogP contribution < -0.4 is 4.74 Å². The first kappa shape index (κ1) is 22.1. The van der Waals surface area contributed by atoms with Gasteiger partial charge in [-0.1, -0.05) is 0 Å². The predicted molar refractivity (Wildman–Crippen MR) is 120 cm³/mol. The Morgan fingerprint density at radius 2 is 2.09 bits per heavy atom. The van der Waals surface area contributed by atoms with Crippen LogP contribution in [-0.4, -0.2) is 60.2 Å². The fraction of sp³-hybridized carbons (Fsp3) is 0.565. The Morgan fingerprint density at radius 3 is 2.81 bits per heavy atom. The van der Waals surface area contributed by atoms with Crippen LogP contribution in [0.5, 0.6) is 5.88 Å². The average molecular weight is 441 g/mol. The smallest absolute Gasteiger partial charge is 0.410 e. The molecule has 3 aromatic heterocycles.